The highest BCUT2D eigenvalue weighted by atomic mass is 32.1. The second kappa shape index (κ2) is 10.8. The fourth-order valence-corrected chi connectivity index (χ4v) is 4.87. The number of carbonyl (C=O) groups excluding carboxylic acids is 1. The van der Waals surface area contributed by atoms with Crippen LogP contribution in [0.4, 0.5) is 0 Å². The summed E-state index contributed by atoms with van der Waals surface area (Å²) >= 11 is 1.85. The zero-order valence-corrected chi connectivity index (χ0v) is 18.1. The number of carbonyl (C=O) groups is 1. The Bertz CT molecular complexity index is 633. The minimum Gasteiger partial charge on any atom is -0.357 e. The molecule has 2 aliphatic heterocycles. The van der Waals surface area contributed by atoms with Crippen molar-refractivity contribution in [2.75, 3.05) is 39.3 Å². The van der Waals surface area contributed by atoms with Crippen LogP contribution in [-0.4, -0.2) is 67.0 Å². The molecule has 2 aliphatic rings. The zero-order chi connectivity index (χ0) is 19.8. The highest BCUT2D eigenvalue weighted by Crippen LogP contribution is 2.20. The average molecular weight is 406 g/mol. The fourth-order valence-electron chi connectivity index (χ4n) is 4.13. The van der Waals surface area contributed by atoms with Gasteiger partial charge in [-0.05, 0) is 50.1 Å². The predicted molar refractivity (Wildman–Crippen MR) is 117 cm³/mol. The monoisotopic (exact) mass is 405 g/mol. The number of nitrogens with zero attached hydrogens (tertiary/aromatic N) is 3. The van der Waals surface area contributed by atoms with E-state index in [0.29, 0.717) is 18.4 Å². The Labute approximate surface area is 173 Å². The summed E-state index contributed by atoms with van der Waals surface area (Å²) < 4.78 is 0. The highest BCUT2D eigenvalue weighted by molar-refractivity contribution is 7.09. The Kier molecular flexibility index (Phi) is 8.15. The smallest absolute Gasteiger partial charge is 0.222 e. The Morgan fingerprint density at radius 2 is 2.18 bits per heavy atom. The molecule has 0 aromatic carbocycles. The van der Waals surface area contributed by atoms with Gasteiger partial charge in [0, 0.05) is 56.6 Å². The molecule has 6 nitrogen and oxygen atoms in total. The van der Waals surface area contributed by atoms with Gasteiger partial charge in [-0.1, -0.05) is 13.0 Å². The second-order valence-corrected chi connectivity index (χ2v) is 8.90. The van der Waals surface area contributed by atoms with E-state index < -0.39 is 0 Å². The van der Waals surface area contributed by atoms with Gasteiger partial charge < -0.3 is 15.5 Å². The van der Waals surface area contributed by atoms with Crippen molar-refractivity contribution < 1.29 is 4.79 Å². The fraction of sp³-hybridized carbons (Fsp3) is 0.714. The van der Waals surface area contributed by atoms with E-state index in [1.54, 1.807) is 0 Å². The molecule has 1 amide bonds. The van der Waals surface area contributed by atoms with Crippen molar-refractivity contribution in [1.29, 1.82) is 0 Å². The number of nitrogens with one attached hydrogen (secondary N) is 2. The summed E-state index contributed by atoms with van der Waals surface area (Å²) in [4.78, 5) is 22.8. The van der Waals surface area contributed by atoms with E-state index >= 15 is 0 Å². The quantitative estimate of drug-likeness (QED) is 0.541. The molecule has 3 heterocycles. The molecule has 1 aromatic rings. The standard InChI is InChI=1S/C21H35N5OS/c1-3-20(27)26-11-9-18(15-26)24-21(22-4-2)23-13-17-7-5-10-25(14-17)16-19-8-6-12-28-19/h6,8,12,17-18H,3-5,7,9-11,13-16H2,1-2H3,(H2,22,23,24). The topological polar surface area (TPSA) is 60.0 Å². The van der Waals surface area contributed by atoms with Crippen LogP contribution in [0.3, 0.4) is 0 Å². The molecule has 3 rings (SSSR count). The van der Waals surface area contributed by atoms with Gasteiger partial charge in [-0.25, -0.2) is 0 Å². The normalized spacial score (nSPS) is 23.8. The van der Waals surface area contributed by atoms with Gasteiger partial charge in [0.05, 0.1) is 0 Å². The lowest BCUT2D eigenvalue weighted by atomic mass is 9.98. The number of amides is 1. The van der Waals surface area contributed by atoms with Crippen LogP contribution >= 0.6 is 11.3 Å². The van der Waals surface area contributed by atoms with Gasteiger partial charge in [-0.15, -0.1) is 11.3 Å². The third kappa shape index (κ3) is 6.21. The van der Waals surface area contributed by atoms with E-state index in [1.807, 2.05) is 23.2 Å². The maximum Gasteiger partial charge on any atom is 0.222 e. The molecule has 0 radical (unpaired) electrons. The number of guanidine groups is 1. The summed E-state index contributed by atoms with van der Waals surface area (Å²) in [6.07, 6.45) is 4.09. The summed E-state index contributed by atoms with van der Waals surface area (Å²) in [5, 5.41) is 9.08. The molecule has 2 unspecified atom stereocenters. The van der Waals surface area contributed by atoms with Gasteiger partial charge >= 0.3 is 0 Å². The van der Waals surface area contributed by atoms with E-state index in [0.717, 1.165) is 51.6 Å². The third-order valence-corrected chi connectivity index (χ3v) is 6.46. The summed E-state index contributed by atoms with van der Waals surface area (Å²) in [5.74, 6) is 1.76. The molecule has 2 saturated heterocycles. The second-order valence-electron chi connectivity index (χ2n) is 7.87. The van der Waals surface area contributed by atoms with E-state index in [9.17, 15) is 4.79 Å². The molecular weight excluding hydrogens is 370 g/mol. The molecule has 2 N–H and O–H groups in total. The van der Waals surface area contributed by atoms with E-state index in [-0.39, 0.29) is 5.91 Å². The van der Waals surface area contributed by atoms with E-state index in [2.05, 4.69) is 40.0 Å². The first-order valence-corrected chi connectivity index (χ1v) is 11.6. The zero-order valence-electron chi connectivity index (χ0n) is 17.3. The van der Waals surface area contributed by atoms with Crippen molar-refractivity contribution in [1.82, 2.24) is 20.4 Å². The van der Waals surface area contributed by atoms with Crippen LogP contribution in [0.1, 0.15) is 44.4 Å². The van der Waals surface area contributed by atoms with Crippen molar-refractivity contribution in [2.24, 2.45) is 10.9 Å². The molecule has 0 aliphatic carbocycles. The van der Waals surface area contributed by atoms with Crippen LogP contribution < -0.4 is 10.6 Å². The lowest BCUT2D eigenvalue weighted by Gasteiger charge is -2.31. The van der Waals surface area contributed by atoms with Crippen LogP contribution in [-0.2, 0) is 11.3 Å². The summed E-state index contributed by atoms with van der Waals surface area (Å²) in [6.45, 7) is 10.8. The van der Waals surface area contributed by atoms with Crippen LogP contribution in [0.25, 0.3) is 0 Å². The molecule has 2 fully saturated rings. The summed E-state index contributed by atoms with van der Waals surface area (Å²) in [6, 6.07) is 4.67. The van der Waals surface area contributed by atoms with Gasteiger partial charge in [0.25, 0.3) is 0 Å². The first-order chi connectivity index (χ1) is 13.7. The van der Waals surface area contributed by atoms with Gasteiger partial charge in [0.1, 0.15) is 0 Å². The van der Waals surface area contributed by atoms with Gasteiger partial charge in [-0.2, -0.15) is 0 Å². The Hall–Kier alpha value is -1.60. The lowest BCUT2D eigenvalue weighted by molar-refractivity contribution is -0.129. The molecule has 7 heteroatoms. The number of piperidine rings is 1. The van der Waals surface area contributed by atoms with Crippen LogP contribution in [0.5, 0.6) is 0 Å². The minimum atomic E-state index is 0.249. The Balaban J connectivity index is 1.49. The number of likely N-dealkylation sites (tertiary alicyclic amines) is 2. The maximum absolute atomic E-state index is 11.9. The summed E-state index contributed by atoms with van der Waals surface area (Å²) in [5.41, 5.74) is 0. The number of thiophene rings is 1. The first kappa shape index (κ1) is 21.1. The first-order valence-electron chi connectivity index (χ1n) is 10.7. The van der Waals surface area contributed by atoms with Crippen LogP contribution in [0, 0.1) is 5.92 Å². The molecule has 2 atom stereocenters. The molecular formula is C21H35N5OS. The number of hydrogen-bond donors (Lipinski definition) is 2. The molecule has 1 aromatic heterocycles. The Morgan fingerprint density at radius 3 is 2.93 bits per heavy atom. The molecule has 28 heavy (non-hydrogen) atoms. The van der Waals surface area contributed by atoms with Crippen molar-refractivity contribution >= 4 is 23.2 Å². The molecule has 0 saturated carbocycles. The maximum atomic E-state index is 11.9. The predicted octanol–water partition coefficient (Wildman–Crippen LogP) is 2.53. The van der Waals surface area contributed by atoms with E-state index in [1.165, 1.54) is 24.3 Å². The Morgan fingerprint density at radius 1 is 1.29 bits per heavy atom. The van der Waals surface area contributed by atoms with Gasteiger partial charge in [-0.3, -0.25) is 14.7 Å². The average Bonchev–Trinajstić information content (AvgIpc) is 3.38. The highest BCUT2D eigenvalue weighted by Gasteiger charge is 2.26. The number of rotatable bonds is 7. The third-order valence-electron chi connectivity index (χ3n) is 5.60. The van der Waals surface area contributed by atoms with Gasteiger partial charge in [0.15, 0.2) is 5.96 Å². The van der Waals surface area contributed by atoms with Crippen molar-refractivity contribution in [3.63, 3.8) is 0 Å². The SMILES string of the molecule is CCNC(=NCC1CCCN(Cc2cccs2)C1)NC1CCN(C(=O)CC)C1. The van der Waals surface area contributed by atoms with Crippen molar-refractivity contribution in [3.05, 3.63) is 22.4 Å². The van der Waals surface area contributed by atoms with E-state index in [4.69, 9.17) is 4.99 Å². The minimum absolute atomic E-state index is 0.249. The van der Waals surface area contributed by atoms with Crippen molar-refractivity contribution in [3.8, 4) is 0 Å². The number of aliphatic imine (C=N–C) groups is 1. The summed E-state index contributed by atoms with van der Waals surface area (Å²) in [7, 11) is 0. The van der Waals surface area contributed by atoms with Gasteiger partial charge in [0.2, 0.25) is 5.91 Å². The largest absolute Gasteiger partial charge is 0.357 e. The molecule has 156 valence electrons. The number of hydrogen-bond acceptors (Lipinski definition) is 4. The molecule has 0 spiro atoms. The van der Waals surface area contributed by atoms with Crippen LogP contribution in [0.15, 0.2) is 22.5 Å². The lowest BCUT2D eigenvalue weighted by Crippen LogP contribution is -2.45. The van der Waals surface area contributed by atoms with Crippen LogP contribution in [0.2, 0.25) is 0 Å². The molecule has 0 bridgehead atoms. The van der Waals surface area contributed by atoms with Crippen molar-refractivity contribution in [2.45, 2.75) is 52.1 Å².